The van der Waals surface area contributed by atoms with Gasteiger partial charge in [-0.3, -0.25) is 0 Å². The first-order chi connectivity index (χ1) is 5.77. The van der Waals surface area contributed by atoms with Crippen LogP contribution in [-0.4, -0.2) is 7.85 Å². The van der Waals surface area contributed by atoms with E-state index in [1.807, 2.05) is 0 Å². The van der Waals surface area contributed by atoms with Crippen LogP contribution in [0.2, 0.25) is 5.31 Å². The van der Waals surface area contributed by atoms with E-state index in [9.17, 15) is 0 Å². The van der Waals surface area contributed by atoms with Gasteiger partial charge in [-0.1, -0.05) is 70.0 Å². The molecular weight excluding hydrogens is 143 g/mol. The minimum Gasteiger partial charge on any atom is -0.0654 e. The van der Waals surface area contributed by atoms with Crippen molar-refractivity contribution in [3.8, 4) is 0 Å². The van der Waals surface area contributed by atoms with Crippen molar-refractivity contribution in [1.29, 1.82) is 0 Å². The van der Waals surface area contributed by atoms with Crippen LogP contribution in [0.4, 0.5) is 0 Å². The summed E-state index contributed by atoms with van der Waals surface area (Å²) in [6.45, 7) is 2.29. The maximum absolute atomic E-state index is 2.49. The van der Waals surface area contributed by atoms with Gasteiger partial charge in [-0.15, -0.1) is 0 Å². The highest BCUT2D eigenvalue weighted by molar-refractivity contribution is 6.15. The third kappa shape index (κ3) is 3.20. The highest BCUT2D eigenvalue weighted by Gasteiger charge is 2.27. The predicted octanol–water partition coefficient (Wildman–Crippen LogP) is 3.32. The largest absolute Gasteiger partial charge is 0.109 e. The first kappa shape index (κ1) is 10.1. The predicted molar refractivity (Wildman–Crippen MR) is 58.5 cm³/mol. The van der Waals surface area contributed by atoms with Gasteiger partial charge < -0.3 is 0 Å². The highest BCUT2D eigenvalue weighted by atomic mass is 14.3. The Kier molecular flexibility index (Phi) is 4.18. The van der Waals surface area contributed by atoms with E-state index in [0.29, 0.717) is 0 Å². The molecule has 1 fully saturated rings. The average Bonchev–Trinajstić information content (AvgIpc) is 2.47. The lowest BCUT2D eigenvalue weighted by Gasteiger charge is -2.22. The third-order valence-electron chi connectivity index (χ3n) is 3.44. The monoisotopic (exact) mass is 166 g/mol. The SMILES string of the molecule is BC1(CCCCCC)CCCC1. The second-order valence-corrected chi connectivity index (χ2v) is 4.83. The van der Waals surface area contributed by atoms with Crippen LogP contribution in [0.15, 0.2) is 0 Å². The number of rotatable bonds is 5. The van der Waals surface area contributed by atoms with Crippen molar-refractivity contribution < 1.29 is 0 Å². The van der Waals surface area contributed by atoms with Crippen molar-refractivity contribution in [3.05, 3.63) is 0 Å². The molecule has 70 valence electrons. The summed E-state index contributed by atoms with van der Waals surface area (Å²) in [5.74, 6) is 0. The van der Waals surface area contributed by atoms with Gasteiger partial charge in [0, 0.05) is 0 Å². The molecule has 1 aliphatic carbocycles. The van der Waals surface area contributed by atoms with Crippen molar-refractivity contribution in [3.63, 3.8) is 0 Å². The van der Waals surface area contributed by atoms with E-state index in [4.69, 9.17) is 0 Å². The molecule has 1 saturated carbocycles. The second kappa shape index (κ2) is 4.94. The maximum atomic E-state index is 2.49. The van der Waals surface area contributed by atoms with E-state index in [1.165, 1.54) is 57.8 Å². The Morgan fingerprint density at radius 2 is 1.75 bits per heavy atom. The van der Waals surface area contributed by atoms with E-state index in [0.717, 1.165) is 5.31 Å². The average molecular weight is 166 g/mol. The van der Waals surface area contributed by atoms with Gasteiger partial charge in [-0.05, 0) is 0 Å². The van der Waals surface area contributed by atoms with E-state index in [1.54, 1.807) is 0 Å². The van der Waals surface area contributed by atoms with Gasteiger partial charge in [0.15, 0.2) is 0 Å². The molecule has 0 atom stereocenters. The highest BCUT2D eigenvalue weighted by Crippen LogP contribution is 2.45. The molecule has 0 nitrogen and oxygen atoms in total. The summed E-state index contributed by atoms with van der Waals surface area (Å²) in [5.41, 5.74) is 0. The molecule has 1 rings (SSSR count). The van der Waals surface area contributed by atoms with E-state index in [-0.39, 0.29) is 0 Å². The zero-order chi connectivity index (χ0) is 8.86. The Morgan fingerprint density at radius 3 is 2.33 bits per heavy atom. The van der Waals surface area contributed by atoms with E-state index < -0.39 is 0 Å². The van der Waals surface area contributed by atoms with E-state index in [2.05, 4.69) is 14.8 Å². The molecule has 0 bridgehead atoms. The van der Waals surface area contributed by atoms with Crippen LogP contribution in [0.1, 0.15) is 64.7 Å². The molecule has 0 radical (unpaired) electrons. The molecule has 0 N–H and O–H groups in total. The van der Waals surface area contributed by atoms with Gasteiger partial charge in [0.25, 0.3) is 0 Å². The smallest absolute Gasteiger partial charge is 0.0654 e. The summed E-state index contributed by atoms with van der Waals surface area (Å²) < 4.78 is 0. The Bertz CT molecular complexity index is 114. The third-order valence-corrected chi connectivity index (χ3v) is 3.44. The molecular formula is C11H23B. The summed E-state index contributed by atoms with van der Waals surface area (Å²) in [6.07, 6.45) is 13.2. The molecule has 0 aliphatic heterocycles. The minimum absolute atomic E-state index is 0.744. The molecule has 0 unspecified atom stereocenters. The van der Waals surface area contributed by atoms with E-state index >= 15 is 0 Å². The van der Waals surface area contributed by atoms with Gasteiger partial charge in [0.1, 0.15) is 7.85 Å². The van der Waals surface area contributed by atoms with Gasteiger partial charge >= 0.3 is 0 Å². The molecule has 0 spiro atoms. The zero-order valence-electron chi connectivity index (χ0n) is 8.86. The first-order valence-electron chi connectivity index (χ1n) is 5.77. The number of hydrogen-bond acceptors (Lipinski definition) is 0. The van der Waals surface area contributed by atoms with Gasteiger partial charge in [-0.2, -0.15) is 0 Å². The lowest BCUT2D eigenvalue weighted by molar-refractivity contribution is 0.488. The molecule has 0 aromatic carbocycles. The van der Waals surface area contributed by atoms with Crippen molar-refractivity contribution in [1.82, 2.24) is 0 Å². The number of unbranched alkanes of at least 4 members (excludes halogenated alkanes) is 3. The Morgan fingerprint density at radius 1 is 1.08 bits per heavy atom. The van der Waals surface area contributed by atoms with Crippen molar-refractivity contribution >= 4 is 7.85 Å². The Labute approximate surface area is 78.5 Å². The van der Waals surface area contributed by atoms with Crippen LogP contribution in [0.3, 0.4) is 0 Å². The zero-order valence-corrected chi connectivity index (χ0v) is 8.86. The van der Waals surface area contributed by atoms with Crippen LogP contribution in [0.25, 0.3) is 0 Å². The van der Waals surface area contributed by atoms with Crippen LogP contribution in [0.5, 0.6) is 0 Å². The molecule has 0 heterocycles. The van der Waals surface area contributed by atoms with Gasteiger partial charge in [-0.25, -0.2) is 0 Å². The van der Waals surface area contributed by atoms with Gasteiger partial charge in [0.05, 0.1) is 0 Å². The lowest BCUT2D eigenvalue weighted by atomic mass is 9.64. The van der Waals surface area contributed by atoms with Crippen LogP contribution in [-0.2, 0) is 0 Å². The van der Waals surface area contributed by atoms with Gasteiger partial charge in [0.2, 0.25) is 0 Å². The minimum atomic E-state index is 0.744. The summed E-state index contributed by atoms with van der Waals surface area (Å²) in [4.78, 5) is 0. The quantitative estimate of drug-likeness (QED) is 0.434. The molecule has 1 heteroatoms. The van der Waals surface area contributed by atoms with Crippen molar-refractivity contribution in [2.24, 2.45) is 0 Å². The molecule has 1 aliphatic rings. The maximum Gasteiger partial charge on any atom is 0.109 e. The fraction of sp³-hybridized carbons (Fsp3) is 1.00. The number of hydrogen-bond donors (Lipinski definition) is 0. The van der Waals surface area contributed by atoms with Crippen LogP contribution < -0.4 is 0 Å². The molecule has 0 aromatic rings. The normalized spacial score (nSPS) is 21.4. The summed E-state index contributed by atoms with van der Waals surface area (Å²) in [6, 6.07) is 0. The molecule has 0 amide bonds. The fourth-order valence-electron chi connectivity index (χ4n) is 2.46. The van der Waals surface area contributed by atoms with Crippen LogP contribution >= 0.6 is 0 Å². The summed E-state index contributed by atoms with van der Waals surface area (Å²) >= 11 is 0. The van der Waals surface area contributed by atoms with Crippen molar-refractivity contribution in [2.45, 2.75) is 70.0 Å². The molecule has 12 heavy (non-hydrogen) atoms. The fourth-order valence-corrected chi connectivity index (χ4v) is 2.46. The van der Waals surface area contributed by atoms with Crippen LogP contribution in [0, 0.1) is 0 Å². The topological polar surface area (TPSA) is 0 Å². The standard InChI is InChI=1S/C11H23B/c1-2-3-4-5-8-11(12)9-6-7-10-11/h2-10,12H2,1H3. The first-order valence-corrected chi connectivity index (χ1v) is 5.77. The second-order valence-electron chi connectivity index (χ2n) is 4.83. The molecule has 0 aromatic heterocycles. The molecule has 0 saturated heterocycles. The lowest BCUT2D eigenvalue weighted by Crippen LogP contribution is -2.06. The Hall–Kier alpha value is 0.0649. The summed E-state index contributed by atoms with van der Waals surface area (Å²) in [7, 11) is 2.49. The van der Waals surface area contributed by atoms with Crippen molar-refractivity contribution in [2.75, 3.05) is 0 Å². The Balaban J connectivity index is 2.05. The summed E-state index contributed by atoms with van der Waals surface area (Å²) in [5, 5.41) is 0.744.